The summed E-state index contributed by atoms with van der Waals surface area (Å²) < 4.78 is 61.2. The molecule has 2 aromatic carbocycles. The molecule has 4 rings (SSSR count). The molecular formula is C23H28FN3O6S. The fraction of sp³-hybridized carbons (Fsp3) is 0.348. The number of oxazole rings is 1. The Bertz CT molecular complexity index is 1210. The number of hydrogen-bond acceptors (Lipinski definition) is 8. The van der Waals surface area contributed by atoms with Crippen LogP contribution in [-0.4, -0.2) is 50.4 Å². The highest BCUT2D eigenvalue weighted by atomic mass is 32.2. The number of para-hydroxylation sites is 2. The summed E-state index contributed by atoms with van der Waals surface area (Å²) in [6.45, 7) is 2.90. The topological polar surface area (TPSA) is 151 Å². The molecule has 0 spiro atoms. The molecule has 9 nitrogen and oxygen atoms in total. The van der Waals surface area contributed by atoms with Gasteiger partial charge in [0.25, 0.3) is 16.1 Å². The number of halogens is 1. The third-order valence-electron chi connectivity index (χ3n) is 5.31. The molecule has 2 heterocycles. The van der Waals surface area contributed by atoms with Crippen molar-refractivity contribution in [3.63, 3.8) is 0 Å². The van der Waals surface area contributed by atoms with Crippen molar-refractivity contribution in [3.05, 3.63) is 65.5 Å². The standard InChI is InChI=1S/C16H22FNO5S.C7H6N2O/c1-11-2-3-16(24(19,20)21)13(4-11)5-15(14-9-22-10-14)23-8-12(6-17)7-18;8-7-9-5-3-1-2-4-6(5)10-7/h2-4,6,14-15H,5,7-10,18H2,1H3,(H,19,20,21);1-4H,(H2,8,9)/b12-6-;. The first-order chi connectivity index (χ1) is 16.2. The Morgan fingerprint density at radius 3 is 2.65 bits per heavy atom. The predicted octanol–water partition coefficient (Wildman–Crippen LogP) is 3.04. The Hall–Kier alpha value is -2.83. The van der Waals surface area contributed by atoms with E-state index in [-0.39, 0.29) is 42.5 Å². The number of ether oxygens (including phenoxy) is 2. The van der Waals surface area contributed by atoms with Gasteiger partial charge in [0.1, 0.15) is 5.52 Å². The van der Waals surface area contributed by atoms with Crippen LogP contribution in [0.1, 0.15) is 11.1 Å². The lowest BCUT2D eigenvalue weighted by atomic mass is 9.94. The molecule has 5 N–H and O–H groups in total. The van der Waals surface area contributed by atoms with Gasteiger partial charge in [-0.05, 0) is 36.3 Å². The van der Waals surface area contributed by atoms with Crippen molar-refractivity contribution in [1.82, 2.24) is 4.98 Å². The maximum atomic E-state index is 12.6. The number of anilines is 1. The van der Waals surface area contributed by atoms with Gasteiger partial charge in [-0.25, -0.2) is 4.39 Å². The van der Waals surface area contributed by atoms with E-state index >= 15 is 0 Å². The van der Waals surface area contributed by atoms with Gasteiger partial charge in [0.15, 0.2) is 5.58 Å². The zero-order valence-corrected chi connectivity index (χ0v) is 19.5. The monoisotopic (exact) mass is 493 g/mol. The fourth-order valence-electron chi connectivity index (χ4n) is 3.41. The van der Waals surface area contributed by atoms with Crippen molar-refractivity contribution in [1.29, 1.82) is 0 Å². The number of aryl methyl sites for hydroxylation is 1. The summed E-state index contributed by atoms with van der Waals surface area (Å²) >= 11 is 0. The Morgan fingerprint density at radius 1 is 1.32 bits per heavy atom. The largest absolute Gasteiger partial charge is 0.424 e. The van der Waals surface area contributed by atoms with Gasteiger partial charge in [0.2, 0.25) is 0 Å². The van der Waals surface area contributed by atoms with Crippen LogP contribution in [0.4, 0.5) is 10.4 Å². The van der Waals surface area contributed by atoms with Gasteiger partial charge in [-0.15, -0.1) is 0 Å². The van der Waals surface area contributed by atoms with E-state index in [9.17, 15) is 17.4 Å². The quantitative estimate of drug-likeness (QED) is 0.402. The second kappa shape index (κ2) is 11.5. The highest BCUT2D eigenvalue weighted by Gasteiger charge is 2.31. The first-order valence-corrected chi connectivity index (χ1v) is 12.0. The third kappa shape index (κ3) is 6.84. The third-order valence-corrected chi connectivity index (χ3v) is 6.27. The van der Waals surface area contributed by atoms with Crippen LogP contribution >= 0.6 is 0 Å². The number of nitrogens with two attached hydrogens (primary N) is 2. The number of rotatable bonds is 8. The van der Waals surface area contributed by atoms with Crippen molar-refractivity contribution in [2.75, 3.05) is 32.1 Å². The number of hydrogen-bond donors (Lipinski definition) is 3. The molecule has 0 bridgehead atoms. The van der Waals surface area contributed by atoms with E-state index in [4.69, 9.17) is 25.4 Å². The molecule has 34 heavy (non-hydrogen) atoms. The maximum Gasteiger partial charge on any atom is 0.294 e. The van der Waals surface area contributed by atoms with Crippen LogP contribution in [0.15, 0.2) is 63.7 Å². The molecule has 1 aromatic heterocycles. The Morgan fingerprint density at radius 2 is 2.06 bits per heavy atom. The summed E-state index contributed by atoms with van der Waals surface area (Å²) in [6.07, 6.45) is 0.335. The van der Waals surface area contributed by atoms with Gasteiger partial charge in [-0.3, -0.25) is 4.55 Å². The highest BCUT2D eigenvalue weighted by molar-refractivity contribution is 7.85. The summed E-state index contributed by atoms with van der Waals surface area (Å²) in [5.74, 6) is 0.0818. The van der Waals surface area contributed by atoms with Crippen molar-refractivity contribution in [2.45, 2.75) is 24.3 Å². The molecule has 1 aliphatic rings. The van der Waals surface area contributed by atoms with Crippen molar-refractivity contribution < 1.29 is 31.3 Å². The molecular weight excluding hydrogens is 465 g/mol. The minimum atomic E-state index is -4.33. The van der Waals surface area contributed by atoms with E-state index in [1.54, 1.807) is 12.1 Å². The minimum absolute atomic E-state index is 0.0290. The zero-order chi connectivity index (χ0) is 24.7. The van der Waals surface area contributed by atoms with Gasteiger partial charge < -0.3 is 25.4 Å². The number of nitrogen functional groups attached to an aromatic ring is 1. The van der Waals surface area contributed by atoms with E-state index < -0.39 is 10.1 Å². The minimum Gasteiger partial charge on any atom is -0.424 e. The summed E-state index contributed by atoms with van der Waals surface area (Å²) in [5.41, 5.74) is 13.9. The smallest absolute Gasteiger partial charge is 0.294 e. The molecule has 0 aliphatic carbocycles. The number of aromatic nitrogens is 1. The van der Waals surface area contributed by atoms with E-state index in [0.29, 0.717) is 30.7 Å². The summed E-state index contributed by atoms with van der Waals surface area (Å²) in [5, 5.41) is 0. The van der Waals surface area contributed by atoms with Crippen LogP contribution in [0.2, 0.25) is 0 Å². The summed E-state index contributed by atoms with van der Waals surface area (Å²) in [6, 6.07) is 12.4. The second-order valence-corrected chi connectivity index (χ2v) is 9.32. The first-order valence-electron chi connectivity index (χ1n) is 10.6. The molecule has 1 atom stereocenters. The van der Waals surface area contributed by atoms with E-state index in [2.05, 4.69) is 4.98 Å². The van der Waals surface area contributed by atoms with Crippen molar-refractivity contribution >= 4 is 27.2 Å². The lowest BCUT2D eigenvalue weighted by Gasteiger charge is -2.34. The van der Waals surface area contributed by atoms with Gasteiger partial charge in [0.05, 0.1) is 37.1 Å². The second-order valence-electron chi connectivity index (χ2n) is 7.93. The lowest BCUT2D eigenvalue weighted by molar-refractivity contribution is -0.110. The Balaban J connectivity index is 0.000000266. The van der Waals surface area contributed by atoms with Crippen LogP contribution < -0.4 is 11.5 Å². The van der Waals surface area contributed by atoms with Gasteiger partial charge in [-0.2, -0.15) is 13.4 Å². The van der Waals surface area contributed by atoms with Gasteiger partial charge in [-0.1, -0.05) is 29.8 Å². The van der Waals surface area contributed by atoms with Crippen LogP contribution in [0.25, 0.3) is 11.1 Å². The molecule has 0 saturated carbocycles. The van der Waals surface area contributed by atoms with E-state index in [1.165, 1.54) is 6.07 Å². The van der Waals surface area contributed by atoms with Crippen LogP contribution in [-0.2, 0) is 26.0 Å². The molecule has 0 amide bonds. The molecule has 11 heteroatoms. The van der Waals surface area contributed by atoms with Crippen molar-refractivity contribution in [3.8, 4) is 0 Å². The maximum absolute atomic E-state index is 12.6. The van der Waals surface area contributed by atoms with E-state index in [0.717, 1.165) is 16.7 Å². The average molecular weight is 494 g/mol. The summed E-state index contributed by atoms with van der Waals surface area (Å²) in [7, 11) is -4.33. The molecule has 1 fully saturated rings. The number of nitrogens with zero attached hydrogens (tertiary/aromatic N) is 1. The number of benzene rings is 2. The van der Waals surface area contributed by atoms with Crippen LogP contribution in [0.5, 0.6) is 0 Å². The molecule has 1 unspecified atom stereocenters. The molecule has 0 radical (unpaired) electrons. The predicted molar refractivity (Wildman–Crippen MR) is 125 cm³/mol. The zero-order valence-electron chi connectivity index (χ0n) is 18.7. The molecule has 1 saturated heterocycles. The summed E-state index contributed by atoms with van der Waals surface area (Å²) in [4.78, 5) is 3.79. The lowest BCUT2D eigenvalue weighted by Crippen LogP contribution is -2.41. The average Bonchev–Trinajstić information content (AvgIpc) is 3.13. The molecule has 3 aromatic rings. The van der Waals surface area contributed by atoms with Crippen LogP contribution in [0, 0.1) is 12.8 Å². The van der Waals surface area contributed by atoms with Crippen LogP contribution in [0.3, 0.4) is 0 Å². The molecule has 184 valence electrons. The number of fused-ring (bicyclic) bond motifs is 1. The Kier molecular flexibility index (Phi) is 8.75. The van der Waals surface area contributed by atoms with E-state index in [1.807, 2.05) is 31.2 Å². The normalized spacial score (nSPS) is 15.5. The SMILES string of the molecule is Cc1ccc(S(=O)(=O)O)c(CC(OC/C(=C\F)CN)C2COC2)c1.Nc1nc2ccccc2o1. The molecule has 1 aliphatic heterocycles. The van der Waals surface area contributed by atoms with Gasteiger partial charge in [0, 0.05) is 18.9 Å². The first kappa shape index (κ1) is 25.8. The Labute approximate surface area is 197 Å². The van der Waals surface area contributed by atoms with Gasteiger partial charge >= 0.3 is 0 Å². The highest BCUT2D eigenvalue weighted by Crippen LogP contribution is 2.26. The fourth-order valence-corrected chi connectivity index (χ4v) is 4.12. The van der Waals surface area contributed by atoms with Crippen molar-refractivity contribution in [2.24, 2.45) is 11.7 Å².